The lowest BCUT2D eigenvalue weighted by atomic mass is 9.99. The van der Waals surface area contributed by atoms with Crippen LogP contribution in [0.5, 0.6) is 0 Å². The molecule has 27 heavy (non-hydrogen) atoms. The normalized spacial score (nSPS) is 11.4. The van der Waals surface area contributed by atoms with Crippen LogP contribution in [0.25, 0.3) is 0 Å². The Morgan fingerprint density at radius 3 is 1.96 bits per heavy atom. The summed E-state index contributed by atoms with van der Waals surface area (Å²) in [5, 5.41) is 0. The Labute approximate surface area is 154 Å². The topological polar surface area (TPSA) is 54.0 Å². The van der Waals surface area contributed by atoms with Gasteiger partial charge < -0.3 is 0 Å². The first-order chi connectivity index (χ1) is 13.0. The van der Waals surface area contributed by atoms with E-state index in [0.29, 0.717) is 0 Å². The molecule has 0 fully saturated rings. The van der Waals surface area contributed by atoms with Crippen molar-refractivity contribution in [2.24, 2.45) is 0 Å². The summed E-state index contributed by atoms with van der Waals surface area (Å²) in [6, 6.07) is 18.9. The fourth-order valence-corrected chi connectivity index (χ4v) is 2.68. The number of amides is 1. The summed E-state index contributed by atoms with van der Waals surface area (Å²) in [6.45, 7) is 0. The van der Waals surface area contributed by atoms with Crippen molar-refractivity contribution in [3.05, 3.63) is 101 Å². The zero-order valence-corrected chi connectivity index (χ0v) is 14.1. The Balaban J connectivity index is 1.84. The second kappa shape index (κ2) is 8.01. The van der Waals surface area contributed by atoms with Crippen LogP contribution >= 0.6 is 0 Å². The molecule has 0 aliphatic rings. The highest BCUT2D eigenvalue weighted by molar-refractivity contribution is 5.95. The molecule has 0 aliphatic carbocycles. The molecule has 0 atom stereocenters. The molecule has 138 valence electrons. The highest BCUT2D eigenvalue weighted by Gasteiger charge is 2.35. The molecule has 0 radical (unpaired) electrons. The van der Waals surface area contributed by atoms with Crippen LogP contribution in [0.3, 0.4) is 0 Å². The van der Waals surface area contributed by atoms with Gasteiger partial charge in [-0.25, -0.2) is 5.43 Å². The van der Waals surface area contributed by atoms with E-state index in [-0.39, 0.29) is 0 Å². The van der Waals surface area contributed by atoms with E-state index < -0.39 is 29.3 Å². The number of benzene rings is 2. The van der Waals surface area contributed by atoms with Crippen LogP contribution in [0.15, 0.2) is 79.1 Å². The maximum absolute atomic E-state index is 13.1. The van der Waals surface area contributed by atoms with Gasteiger partial charge in [-0.15, -0.1) is 0 Å². The molecule has 4 nitrogen and oxygen atoms in total. The molecule has 1 aromatic heterocycles. The maximum atomic E-state index is 13.1. The number of rotatable bonds is 5. The van der Waals surface area contributed by atoms with E-state index in [2.05, 4.69) is 15.8 Å². The van der Waals surface area contributed by atoms with Gasteiger partial charge in [0.15, 0.2) is 0 Å². The third kappa shape index (κ3) is 4.51. The average molecular weight is 371 g/mol. The van der Waals surface area contributed by atoms with Crippen LogP contribution in [0, 0.1) is 0 Å². The number of halogens is 3. The molecule has 2 N–H and O–H groups in total. The van der Waals surface area contributed by atoms with Gasteiger partial charge >= 0.3 is 6.18 Å². The van der Waals surface area contributed by atoms with Crippen molar-refractivity contribution in [1.29, 1.82) is 0 Å². The summed E-state index contributed by atoms with van der Waals surface area (Å²) >= 11 is 0. The van der Waals surface area contributed by atoms with E-state index in [9.17, 15) is 18.0 Å². The van der Waals surface area contributed by atoms with Crippen LogP contribution < -0.4 is 10.9 Å². The fourth-order valence-electron chi connectivity index (χ4n) is 2.68. The number of alkyl halides is 3. The van der Waals surface area contributed by atoms with Crippen LogP contribution in [0.1, 0.15) is 33.1 Å². The van der Waals surface area contributed by atoms with Gasteiger partial charge in [0.25, 0.3) is 5.91 Å². The molecule has 0 saturated heterocycles. The fraction of sp³-hybridized carbons (Fsp3) is 0.100. The third-order valence-corrected chi connectivity index (χ3v) is 3.97. The Morgan fingerprint density at radius 2 is 1.44 bits per heavy atom. The van der Waals surface area contributed by atoms with E-state index in [1.807, 2.05) is 60.7 Å². The van der Waals surface area contributed by atoms with E-state index in [1.54, 1.807) is 0 Å². The predicted molar refractivity (Wildman–Crippen MR) is 94.6 cm³/mol. The van der Waals surface area contributed by atoms with Gasteiger partial charge in [-0.1, -0.05) is 60.7 Å². The number of hydrogen-bond donors (Lipinski definition) is 2. The Morgan fingerprint density at radius 1 is 0.889 bits per heavy atom. The largest absolute Gasteiger partial charge is 0.417 e. The van der Waals surface area contributed by atoms with E-state index in [4.69, 9.17) is 0 Å². The number of carbonyl (C=O) groups excluding carboxylic acids is 1. The number of aromatic nitrogens is 1. The molecule has 0 bridgehead atoms. The number of nitrogens with zero attached hydrogens (tertiary/aromatic N) is 1. The summed E-state index contributed by atoms with van der Waals surface area (Å²) in [4.78, 5) is 16.0. The Bertz CT molecular complexity index is 860. The molecule has 3 aromatic rings. The van der Waals surface area contributed by atoms with Crippen molar-refractivity contribution in [3.8, 4) is 0 Å². The Hall–Kier alpha value is -3.19. The van der Waals surface area contributed by atoms with Gasteiger partial charge in [0.2, 0.25) is 0 Å². The zero-order valence-electron chi connectivity index (χ0n) is 14.1. The van der Waals surface area contributed by atoms with Crippen molar-refractivity contribution in [3.63, 3.8) is 0 Å². The summed E-state index contributed by atoms with van der Waals surface area (Å²) in [5.41, 5.74) is 5.34. The summed E-state index contributed by atoms with van der Waals surface area (Å²) in [5.74, 6) is -0.910. The molecular formula is C20H16F3N3O. The molecule has 3 rings (SSSR count). The molecule has 0 unspecified atom stereocenters. The molecule has 0 saturated carbocycles. The van der Waals surface area contributed by atoms with Crippen molar-refractivity contribution in [1.82, 2.24) is 15.8 Å². The molecule has 0 spiro atoms. The highest BCUT2D eigenvalue weighted by atomic mass is 19.4. The average Bonchev–Trinajstić information content (AvgIpc) is 2.69. The minimum absolute atomic E-state index is 0.428. The molecule has 1 heterocycles. The van der Waals surface area contributed by atoms with Gasteiger partial charge in [-0.05, 0) is 17.2 Å². The van der Waals surface area contributed by atoms with Crippen molar-refractivity contribution < 1.29 is 18.0 Å². The smallest absolute Gasteiger partial charge is 0.286 e. The maximum Gasteiger partial charge on any atom is 0.417 e. The lowest BCUT2D eigenvalue weighted by Crippen LogP contribution is -2.41. The second-order valence-corrected chi connectivity index (χ2v) is 5.77. The predicted octanol–water partition coefficient (Wildman–Crippen LogP) is 4.12. The lowest BCUT2D eigenvalue weighted by Gasteiger charge is -2.21. The van der Waals surface area contributed by atoms with Gasteiger partial charge in [0, 0.05) is 12.4 Å². The van der Waals surface area contributed by atoms with Crippen molar-refractivity contribution in [2.75, 3.05) is 0 Å². The second-order valence-electron chi connectivity index (χ2n) is 5.77. The van der Waals surface area contributed by atoms with Crippen LogP contribution in [0.2, 0.25) is 0 Å². The first-order valence-corrected chi connectivity index (χ1v) is 8.14. The molecular weight excluding hydrogens is 355 g/mol. The number of hydrogen-bond acceptors (Lipinski definition) is 3. The quantitative estimate of drug-likeness (QED) is 0.664. The zero-order chi connectivity index (χ0) is 19.3. The molecule has 2 aromatic carbocycles. The van der Waals surface area contributed by atoms with Gasteiger partial charge in [-0.3, -0.25) is 15.2 Å². The first kappa shape index (κ1) is 18.6. The van der Waals surface area contributed by atoms with Gasteiger partial charge in [-0.2, -0.15) is 13.2 Å². The van der Waals surface area contributed by atoms with Crippen molar-refractivity contribution >= 4 is 5.91 Å². The summed E-state index contributed by atoms with van der Waals surface area (Å²) in [6.07, 6.45) is -2.74. The number of hydrazine groups is 1. The third-order valence-electron chi connectivity index (χ3n) is 3.97. The molecule has 0 aliphatic heterocycles. The number of pyridine rings is 1. The standard InChI is InChI=1S/C20H16F3N3O/c21-20(22,23)17-11-12-24-13-16(17)19(27)26-25-18(14-7-3-1-4-8-14)15-9-5-2-6-10-15/h1-13,18,25H,(H,26,27). The lowest BCUT2D eigenvalue weighted by molar-refractivity contribution is -0.138. The van der Waals surface area contributed by atoms with Gasteiger partial charge in [0.1, 0.15) is 0 Å². The summed E-state index contributed by atoms with van der Waals surface area (Å²) in [7, 11) is 0. The summed E-state index contributed by atoms with van der Waals surface area (Å²) < 4.78 is 39.3. The number of nitrogens with one attached hydrogen (secondary N) is 2. The van der Waals surface area contributed by atoms with E-state index >= 15 is 0 Å². The minimum Gasteiger partial charge on any atom is -0.286 e. The van der Waals surface area contributed by atoms with Crippen LogP contribution in [-0.4, -0.2) is 10.9 Å². The highest BCUT2D eigenvalue weighted by Crippen LogP contribution is 2.31. The first-order valence-electron chi connectivity index (χ1n) is 8.14. The Kier molecular flexibility index (Phi) is 5.52. The van der Waals surface area contributed by atoms with E-state index in [1.165, 1.54) is 0 Å². The molecule has 1 amide bonds. The van der Waals surface area contributed by atoms with Crippen molar-refractivity contribution in [2.45, 2.75) is 12.2 Å². The van der Waals surface area contributed by atoms with E-state index in [0.717, 1.165) is 29.6 Å². The van der Waals surface area contributed by atoms with Gasteiger partial charge in [0.05, 0.1) is 17.2 Å². The SMILES string of the molecule is O=C(NNC(c1ccccc1)c1ccccc1)c1cnccc1C(F)(F)F. The van der Waals surface area contributed by atoms with Crippen LogP contribution in [-0.2, 0) is 6.18 Å². The number of carbonyl (C=O) groups is 1. The molecule has 7 heteroatoms. The monoisotopic (exact) mass is 371 g/mol. The van der Waals surface area contributed by atoms with Crippen LogP contribution in [0.4, 0.5) is 13.2 Å². The minimum atomic E-state index is -4.64.